The maximum absolute atomic E-state index is 10.7. The Balaban J connectivity index is 2.67. The number of aliphatic hydroxyl groups is 5. The second-order valence-electron chi connectivity index (χ2n) is 9.21. The fraction of sp³-hybridized carbons (Fsp3) is 1.00. The maximum Gasteiger partial charge on any atom is 0.172 e. The molecule has 0 aromatic rings. The lowest BCUT2D eigenvalue weighted by molar-refractivity contribution is -0.203. The smallest absolute Gasteiger partial charge is 0.172 e. The van der Waals surface area contributed by atoms with E-state index in [1.165, 1.54) is 0 Å². The van der Waals surface area contributed by atoms with E-state index in [9.17, 15) is 20.4 Å². The SMILES string of the molecule is CC(C)CC1C(CO)OC(COC(C)(C)CC(CO)OC(O)[C@@H](N)CO)C(N)C1O. The van der Waals surface area contributed by atoms with Crippen molar-refractivity contribution >= 4 is 0 Å². The van der Waals surface area contributed by atoms with Crippen molar-refractivity contribution in [1.82, 2.24) is 0 Å². The molecule has 9 N–H and O–H groups in total. The second-order valence-corrected chi connectivity index (χ2v) is 9.21. The van der Waals surface area contributed by atoms with Gasteiger partial charge in [-0.3, -0.25) is 0 Å². The minimum absolute atomic E-state index is 0.0764. The number of hydrogen-bond donors (Lipinski definition) is 7. The molecule has 10 heteroatoms. The molecule has 180 valence electrons. The monoisotopic (exact) mass is 438 g/mol. The molecular weight excluding hydrogens is 396 g/mol. The summed E-state index contributed by atoms with van der Waals surface area (Å²) in [6.07, 6.45) is -3.23. The summed E-state index contributed by atoms with van der Waals surface area (Å²) in [6, 6.07) is -1.64. The zero-order chi connectivity index (χ0) is 23.1. The average Bonchev–Trinajstić information content (AvgIpc) is 2.69. The third-order valence-electron chi connectivity index (χ3n) is 5.48. The first-order chi connectivity index (χ1) is 13.9. The Kier molecular flexibility index (Phi) is 11.6. The lowest BCUT2D eigenvalue weighted by Crippen LogP contribution is -2.61. The van der Waals surface area contributed by atoms with Crippen LogP contribution in [0.25, 0.3) is 0 Å². The van der Waals surface area contributed by atoms with Gasteiger partial charge >= 0.3 is 0 Å². The molecule has 1 rings (SSSR count). The van der Waals surface area contributed by atoms with E-state index in [0.29, 0.717) is 12.3 Å². The van der Waals surface area contributed by atoms with E-state index in [1.54, 1.807) is 13.8 Å². The van der Waals surface area contributed by atoms with Crippen LogP contribution in [0, 0.1) is 11.8 Å². The molecule has 0 amide bonds. The molecule has 1 aliphatic rings. The van der Waals surface area contributed by atoms with Crippen LogP contribution in [0.4, 0.5) is 0 Å². The summed E-state index contributed by atoms with van der Waals surface area (Å²) in [7, 11) is 0. The highest BCUT2D eigenvalue weighted by Crippen LogP contribution is 2.31. The summed E-state index contributed by atoms with van der Waals surface area (Å²) >= 11 is 0. The molecule has 1 saturated heterocycles. The molecule has 7 unspecified atom stereocenters. The van der Waals surface area contributed by atoms with Gasteiger partial charge in [-0.1, -0.05) is 13.8 Å². The molecule has 0 saturated carbocycles. The van der Waals surface area contributed by atoms with Gasteiger partial charge in [0, 0.05) is 12.3 Å². The summed E-state index contributed by atoms with van der Waals surface area (Å²) in [5.41, 5.74) is 10.9. The van der Waals surface area contributed by atoms with Gasteiger partial charge in [0.15, 0.2) is 6.29 Å². The normalized spacial score (nSPS) is 31.0. The van der Waals surface area contributed by atoms with Crippen LogP contribution in [0.5, 0.6) is 0 Å². The summed E-state index contributed by atoms with van der Waals surface area (Å²) in [5, 5.41) is 48.7. The van der Waals surface area contributed by atoms with E-state index in [2.05, 4.69) is 0 Å². The van der Waals surface area contributed by atoms with Crippen molar-refractivity contribution in [3.05, 3.63) is 0 Å². The summed E-state index contributed by atoms with van der Waals surface area (Å²) in [6.45, 7) is 6.67. The van der Waals surface area contributed by atoms with Gasteiger partial charge in [-0.2, -0.15) is 0 Å². The number of hydrogen-bond acceptors (Lipinski definition) is 10. The van der Waals surface area contributed by atoms with Crippen molar-refractivity contribution < 1.29 is 39.7 Å². The minimum atomic E-state index is -1.42. The van der Waals surface area contributed by atoms with E-state index in [4.69, 9.17) is 30.8 Å². The van der Waals surface area contributed by atoms with Crippen LogP contribution in [0.15, 0.2) is 0 Å². The van der Waals surface area contributed by atoms with E-state index in [-0.39, 0.29) is 32.2 Å². The Bertz CT molecular complexity index is 480. The van der Waals surface area contributed by atoms with Gasteiger partial charge in [-0.25, -0.2) is 0 Å². The fourth-order valence-corrected chi connectivity index (χ4v) is 3.76. The van der Waals surface area contributed by atoms with Crippen LogP contribution in [0.3, 0.4) is 0 Å². The minimum Gasteiger partial charge on any atom is -0.395 e. The molecule has 0 aromatic carbocycles. The number of aliphatic hydroxyl groups excluding tert-OH is 5. The van der Waals surface area contributed by atoms with Crippen LogP contribution in [0.2, 0.25) is 0 Å². The van der Waals surface area contributed by atoms with Gasteiger partial charge in [0.1, 0.15) is 0 Å². The highest BCUT2D eigenvalue weighted by atomic mass is 16.6. The van der Waals surface area contributed by atoms with Crippen molar-refractivity contribution in [2.45, 2.75) is 88.9 Å². The predicted molar refractivity (Wildman–Crippen MR) is 110 cm³/mol. The van der Waals surface area contributed by atoms with Crippen molar-refractivity contribution in [1.29, 1.82) is 0 Å². The molecule has 0 aromatic heterocycles. The molecule has 0 radical (unpaired) electrons. The number of rotatable bonds is 13. The average molecular weight is 439 g/mol. The maximum atomic E-state index is 10.7. The van der Waals surface area contributed by atoms with Crippen molar-refractivity contribution in [3.8, 4) is 0 Å². The van der Waals surface area contributed by atoms with E-state index in [0.717, 1.165) is 0 Å². The van der Waals surface area contributed by atoms with Gasteiger partial charge in [-0.15, -0.1) is 0 Å². The molecule has 0 aliphatic carbocycles. The quantitative estimate of drug-likeness (QED) is 0.164. The van der Waals surface area contributed by atoms with Gasteiger partial charge in [0.05, 0.1) is 68.5 Å². The van der Waals surface area contributed by atoms with Crippen LogP contribution in [-0.4, -0.2) is 100 Å². The van der Waals surface area contributed by atoms with Gasteiger partial charge < -0.3 is 51.2 Å². The second kappa shape index (κ2) is 12.6. The third-order valence-corrected chi connectivity index (χ3v) is 5.48. The highest BCUT2D eigenvalue weighted by molar-refractivity contribution is 4.95. The van der Waals surface area contributed by atoms with Crippen LogP contribution in [0.1, 0.15) is 40.5 Å². The van der Waals surface area contributed by atoms with Crippen molar-refractivity contribution in [2.24, 2.45) is 23.3 Å². The number of ether oxygens (including phenoxy) is 3. The zero-order valence-corrected chi connectivity index (χ0v) is 18.6. The van der Waals surface area contributed by atoms with Gasteiger partial charge in [0.2, 0.25) is 0 Å². The van der Waals surface area contributed by atoms with Crippen LogP contribution < -0.4 is 11.5 Å². The van der Waals surface area contributed by atoms with E-state index in [1.807, 2.05) is 13.8 Å². The van der Waals surface area contributed by atoms with E-state index < -0.39 is 55.0 Å². The Morgan fingerprint density at radius 2 is 1.73 bits per heavy atom. The molecular formula is C20H42N2O8. The molecule has 30 heavy (non-hydrogen) atoms. The van der Waals surface area contributed by atoms with Crippen molar-refractivity contribution in [2.75, 3.05) is 26.4 Å². The molecule has 0 bridgehead atoms. The number of nitrogens with two attached hydrogens (primary N) is 2. The van der Waals surface area contributed by atoms with Crippen molar-refractivity contribution in [3.63, 3.8) is 0 Å². The topological polar surface area (TPSA) is 181 Å². The highest BCUT2D eigenvalue weighted by Gasteiger charge is 2.43. The first kappa shape index (κ1) is 27.6. The van der Waals surface area contributed by atoms with Gasteiger partial charge in [-0.05, 0) is 26.2 Å². The van der Waals surface area contributed by atoms with Crippen LogP contribution >= 0.6 is 0 Å². The Labute approximate surface area is 179 Å². The summed E-state index contributed by atoms with van der Waals surface area (Å²) < 4.78 is 17.2. The molecule has 10 nitrogen and oxygen atoms in total. The van der Waals surface area contributed by atoms with Crippen LogP contribution in [-0.2, 0) is 14.2 Å². The Morgan fingerprint density at radius 1 is 1.10 bits per heavy atom. The Morgan fingerprint density at radius 3 is 2.23 bits per heavy atom. The molecule has 1 aliphatic heterocycles. The lowest BCUT2D eigenvalue weighted by Gasteiger charge is -2.44. The molecule has 1 heterocycles. The van der Waals surface area contributed by atoms with Gasteiger partial charge in [0.25, 0.3) is 0 Å². The first-order valence-electron chi connectivity index (χ1n) is 10.6. The lowest BCUT2D eigenvalue weighted by atomic mass is 9.80. The molecule has 8 atom stereocenters. The standard InChI is InChI=1S/C20H42N2O8/c1-11(2)5-13-15(9-25)30-16(17(22)18(13)26)10-28-20(3,4)6-12(7-23)29-19(27)14(21)8-24/h11-19,23-27H,5-10,21-22H2,1-4H3/t12?,13?,14-,15?,16?,17?,18?,19?/m0/s1. The zero-order valence-electron chi connectivity index (χ0n) is 18.6. The predicted octanol–water partition coefficient (Wildman–Crippen LogP) is -1.70. The summed E-state index contributed by atoms with van der Waals surface area (Å²) in [4.78, 5) is 0. The Hall–Kier alpha value is -0.400. The third kappa shape index (κ3) is 8.27. The van der Waals surface area contributed by atoms with E-state index >= 15 is 0 Å². The molecule has 1 fully saturated rings. The summed E-state index contributed by atoms with van der Waals surface area (Å²) in [5.74, 6) is 0.0737. The largest absolute Gasteiger partial charge is 0.395 e. The molecule has 0 spiro atoms. The first-order valence-corrected chi connectivity index (χ1v) is 10.6. The fourth-order valence-electron chi connectivity index (χ4n) is 3.76.